The summed E-state index contributed by atoms with van der Waals surface area (Å²) in [5.41, 5.74) is 13.3. The summed E-state index contributed by atoms with van der Waals surface area (Å²) in [6.07, 6.45) is 0. The second-order valence-electron chi connectivity index (χ2n) is 18.0. The Kier molecular flexibility index (Phi) is 8.43. The van der Waals surface area contributed by atoms with Gasteiger partial charge in [-0.1, -0.05) is 133 Å². The zero-order valence-corrected chi connectivity index (χ0v) is 38.2. The van der Waals surface area contributed by atoms with Crippen molar-refractivity contribution in [2.24, 2.45) is 0 Å². The number of fused-ring (bicyclic) bond motifs is 12. The van der Waals surface area contributed by atoms with Crippen molar-refractivity contribution in [2.45, 2.75) is 0 Å². The highest BCUT2D eigenvalue weighted by Crippen LogP contribution is 2.42. The van der Waals surface area contributed by atoms with Gasteiger partial charge in [-0.3, -0.25) is 0 Å². The molecule has 0 spiro atoms. The summed E-state index contributed by atoms with van der Waals surface area (Å²) in [6, 6.07) is 79.8. The molecule has 0 amide bonds. The lowest BCUT2D eigenvalue weighted by atomic mass is 10.0. The summed E-state index contributed by atoms with van der Waals surface area (Å²) in [7, 11) is 0. The Morgan fingerprint density at radius 2 is 0.829 bits per heavy atom. The minimum atomic E-state index is 0.587. The Bertz CT molecular complexity index is 4600. The maximum Gasteiger partial charge on any atom is 0.164 e. The first-order valence-electron chi connectivity index (χ1n) is 23.5. The third kappa shape index (κ3) is 5.95. The van der Waals surface area contributed by atoms with Gasteiger partial charge in [-0.2, -0.15) is 0 Å². The van der Waals surface area contributed by atoms with Gasteiger partial charge in [0.1, 0.15) is 11.2 Å². The molecule has 0 saturated carbocycles. The van der Waals surface area contributed by atoms with Crippen LogP contribution in [0.3, 0.4) is 0 Å². The van der Waals surface area contributed by atoms with Crippen LogP contribution in [0.4, 0.5) is 0 Å². The number of benzene rings is 10. The van der Waals surface area contributed by atoms with Crippen LogP contribution in [0.2, 0.25) is 0 Å². The molecule has 0 N–H and O–H groups in total. The Labute approximate surface area is 404 Å². The van der Waals surface area contributed by atoms with Gasteiger partial charge < -0.3 is 13.6 Å². The van der Waals surface area contributed by atoms with Crippen LogP contribution in [-0.2, 0) is 0 Å². The average Bonchev–Trinajstić information content (AvgIpc) is 4.18. The number of furan rings is 1. The third-order valence-corrected chi connectivity index (χ3v) is 15.1. The molecule has 5 aromatic heterocycles. The second-order valence-corrected chi connectivity index (χ2v) is 19.0. The van der Waals surface area contributed by atoms with Crippen molar-refractivity contribution in [3.8, 4) is 56.7 Å². The van der Waals surface area contributed by atoms with E-state index in [1.54, 1.807) is 11.3 Å². The maximum atomic E-state index is 6.42. The topological polar surface area (TPSA) is 61.7 Å². The molecule has 0 unspecified atom stereocenters. The molecule has 0 aliphatic carbocycles. The second kappa shape index (κ2) is 15.2. The molecule has 0 aliphatic rings. The third-order valence-electron chi connectivity index (χ3n) is 14.0. The predicted molar refractivity (Wildman–Crippen MR) is 290 cm³/mol. The SMILES string of the molecule is c1ccc(-c2ccc3oc4ccc(-c5nc(-c6ccc7sc8ccccc8c7c6)nc(-c6ccc7c8ccccc8n(-c8cccc9c%10ccccc%10n(-c%10ccccc%10)c89)c7c6)n5)cc4c3c2)cc1. The van der Waals surface area contributed by atoms with E-state index in [4.69, 9.17) is 19.4 Å². The first-order valence-corrected chi connectivity index (χ1v) is 24.3. The highest BCUT2D eigenvalue weighted by molar-refractivity contribution is 7.25. The number of hydrogen-bond acceptors (Lipinski definition) is 5. The number of aromatic nitrogens is 5. The van der Waals surface area contributed by atoms with Crippen molar-refractivity contribution >= 4 is 97.1 Å². The van der Waals surface area contributed by atoms with Crippen LogP contribution in [0.1, 0.15) is 0 Å². The molecule has 326 valence electrons. The van der Waals surface area contributed by atoms with Gasteiger partial charge in [0.25, 0.3) is 0 Å². The van der Waals surface area contributed by atoms with Crippen molar-refractivity contribution < 1.29 is 4.42 Å². The van der Waals surface area contributed by atoms with Crippen LogP contribution in [0, 0.1) is 0 Å². The van der Waals surface area contributed by atoms with Gasteiger partial charge in [-0.25, -0.2) is 15.0 Å². The van der Waals surface area contributed by atoms with Crippen molar-refractivity contribution in [2.75, 3.05) is 0 Å². The average molecular weight is 912 g/mol. The van der Waals surface area contributed by atoms with Crippen molar-refractivity contribution in [3.05, 3.63) is 224 Å². The number of hydrogen-bond donors (Lipinski definition) is 0. The molecule has 0 bridgehead atoms. The normalized spacial score (nSPS) is 12.0. The summed E-state index contributed by atoms with van der Waals surface area (Å²) in [6.45, 7) is 0. The monoisotopic (exact) mass is 911 g/mol. The van der Waals surface area contributed by atoms with E-state index in [0.29, 0.717) is 17.5 Å². The first-order chi connectivity index (χ1) is 34.7. The number of rotatable bonds is 6. The van der Waals surface area contributed by atoms with Gasteiger partial charge in [0.05, 0.1) is 27.8 Å². The molecule has 15 aromatic rings. The van der Waals surface area contributed by atoms with E-state index in [1.807, 2.05) is 12.1 Å². The van der Waals surface area contributed by atoms with E-state index in [0.717, 1.165) is 88.6 Å². The van der Waals surface area contributed by atoms with Gasteiger partial charge in [0.2, 0.25) is 0 Å². The van der Waals surface area contributed by atoms with E-state index in [2.05, 4.69) is 221 Å². The number of para-hydroxylation sites is 4. The zero-order chi connectivity index (χ0) is 45.9. The first kappa shape index (κ1) is 38.9. The Morgan fingerprint density at radius 3 is 1.57 bits per heavy atom. The Hall–Kier alpha value is -9.17. The molecule has 7 heteroatoms. The van der Waals surface area contributed by atoms with E-state index in [-0.39, 0.29) is 0 Å². The van der Waals surface area contributed by atoms with E-state index in [1.165, 1.54) is 36.3 Å². The van der Waals surface area contributed by atoms with Crippen LogP contribution in [-0.4, -0.2) is 24.1 Å². The van der Waals surface area contributed by atoms with Gasteiger partial charge in [-0.05, 0) is 102 Å². The molecule has 6 nitrogen and oxygen atoms in total. The quantitative estimate of drug-likeness (QED) is 0.167. The lowest BCUT2D eigenvalue weighted by molar-refractivity contribution is 0.669. The molecule has 0 saturated heterocycles. The predicted octanol–water partition coefficient (Wildman–Crippen LogP) is 17.0. The van der Waals surface area contributed by atoms with E-state index < -0.39 is 0 Å². The summed E-state index contributed by atoms with van der Waals surface area (Å²) in [5, 5.41) is 9.19. The van der Waals surface area contributed by atoms with Crippen LogP contribution < -0.4 is 0 Å². The fourth-order valence-corrected chi connectivity index (χ4v) is 11.8. The lowest BCUT2D eigenvalue weighted by Gasteiger charge is -2.14. The molecule has 0 fully saturated rings. The molecule has 15 rings (SSSR count). The highest BCUT2D eigenvalue weighted by atomic mass is 32.1. The summed E-state index contributed by atoms with van der Waals surface area (Å²) in [4.78, 5) is 16.0. The fraction of sp³-hybridized carbons (Fsp3) is 0. The van der Waals surface area contributed by atoms with Crippen LogP contribution in [0.25, 0.3) is 142 Å². The van der Waals surface area contributed by atoms with Crippen molar-refractivity contribution in [3.63, 3.8) is 0 Å². The highest BCUT2D eigenvalue weighted by Gasteiger charge is 2.22. The molecule has 10 aromatic carbocycles. The molecule has 70 heavy (non-hydrogen) atoms. The maximum absolute atomic E-state index is 6.42. The van der Waals surface area contributed by atoms with Crippen molar-refractivity contribution in [1.82, 2.24) is 24.1 Å². The zero-order valence-electron chi connectivity index (χ0n) is 37.4. The number of nitrogens with zero attached hydrogens (tertiary/aromatic N) is 5. The molecule has 0 atom stereocenters. The number of thiophene rings is 1. The Morgan fingerprint density at radius 1 is 0.314 bits per heavy atom. The van der Waals surface area contributed by atoms with Crippen LogP contribution in [0.15, 0.2) is 229 Å². The van der Waals surface area contributed by atoms with E-state index >= 15 is 0 Å². The lowest BCUT2D eigenvalue weighted by Crippen LogP contribution is -2.01. The molecular formula is C63H37N5OS. The van der Waals surface area contributed by atoms with Gasteiger partial charge in [-0.15, -0.1) is 11.3 Å². The molecule has 0 radical (unpaired) electrons. The summed E-state index contributed by atoms with van der Waals surface area (Å²) < 4.78 is 13.7. The molecular weight excluding hydrogens is 875 g/mol. The summed E-state index contributed by atoms with van der Waals surface area (Å²) in [5.74, 6) is 1.79. The summed E-state index contributed by atoms with van der Waals surface area (Å²) >= 11 is 1.81. The van der Waals surface area contributed by atoms with Gasteiger partial charge >= 0.3 is 0 Å². The van der Waals surface area contributed by atoms with Crippen LogP contribution in [0.5, 0.6) is 0 Å². The fourth-order valence-electron chi connectivity index (χ4n) is 10.8. The molecule has 0 aliphatic heterocycles. The van der Waals surface area contributed by atoms with Gasteiger partial charge in [0.15, 0.2) is 17.5 Å². The standard InChI is InChI=1S/C63H37N5OS/c1-3-14-38(15-4-1)39-27-31-56-49(34-39)50-35-40(28-32-57(50)69-56)61-64-62(41-29-33-59-51(36-41)47-20-9-12-25-58(47)70-59)66-63(65-61)42-26-30-46-44-18-7-11-23-53(44)68(55(46)37-42)54-24-13-21-48-45-19-8-10-22-52(45)67(60(48)54)43-16-5-2-6-17-43/h1-37H. The van der Waals surface area contributed by atoms with Gasteiger partial charge in [0, 0.05) is 74.9 Å². The van der Waals surface area contributed by atoms with Crippen LogP contribution >= 0.6 is 11.3 Å². The molecule has 5 heterocycles. The largest absolute Gasteiger partial charge is 0.456 e. The van der Waals surface area contributed by atoms with Crippen molar-refractivity contribution in [1.29, 1.82) is 0 Å². The van der Waals surface area contributed by atoms with E-state index in [9.17, 15) is 0 Å². The minimum Gasteiger partial charge on any atom is -0.456 e. The Balaban J connectivity index is 0.967. The minimum absolute atomic E-state index is 0.587. The smallest absolute Gasteiger partial charge is 0.164 e.